The lowest BCUT2D eigenvalue weighted by Gasteiger charge is -2.11. The van der Waals surface area contributed by atoms with Gasteiger partial charge >= 0.3 is 0 Å². The lowest BCUT2D eigenvalue weighted by molar-refractivity contribution is 0.186. The molecule has 0 aliphatic heterocycles. The van der Waals surface area contributed by atoms with E-state index in [2.05, 4.69) is 10.3 Å². The Balaban J connectivity index is 2.71. The Morgan fingerprint density at radius 3 is 2.94 bits per heavy atom. The molecule has 0 unspecified atom stereocenters. The van der Waals surface area contributed by atoms with Crippen LogP contribution in [-0.4, -0.2) is 19.1 Å². The molecule has 1 aromatic heterocycles. The number of para-hydroxylation sites is 1. The van der Waals surface area contributed by atoms with Gasteiger partial charge in [0, 0.05) is 25.1 Å². The number of nitrogens with two attached hydrogens (primary N) is 1. The number of pyridine rings is 1. The van der Waals surface area contributed by atoms with Crippen LogP contribution in [0.15, 0.2) is 24.4 Å². The number of nitrogen functional groups attached to an aromatic ring is 1. The fourth-order valence-electron chi connectivity index (χ4n) is 1.85. The van der Waals surface area contributed by atoms with Crippen LogP contribution in [0.4, 0.5) is 11.4 Å². The first-order chi connectivity index (χ1) is 7.77. The molecule has 0 aliphatic carbocycles. The summed E-state index contributed by atoms with van der Waals surface area (Å²) >= 11 is 0. The molecule has 1 heterocycles. The van der Waals surface area contributed by atoms with E-state index in [0.717, 1.165) is 22.2 Å². The van der Waals surface area contributed by atoms with Gasteiger partial charge in [0.05, 0.1) is 29.7 Å². The van der Waals surface area contributed by atoms with E-state index in [-0.39, 0.29) is 0 Å². The molecule has 2 rings (SSSR count). The highest BCUT2D eigenvalue weighted by molar-refractivity contribution is 5.98. The average Bonchev–Trinajstić information content (AvgIpc) is 2.29. The number of aromatic nitrogens is 1. The monoisotopic (exact) mass is 217 g/mol. The lowest BCUT2D eigenvalue weighted by Crippen LogP contribution is -2.00. The molecule has 4 nitrogen and oxygen atoms in total. The van der Waals surface area contributed by atoms with Crippen LogP contribution >= 0.6 is 0 Å². The molecule has 0 aliphatic rings. The van der Waals surface area contributed by atoms with Crippen molar-refractivity contribution >= 4 is 22.3 Å². The Morgan fingerprint density at radius 1 is 1.44 bits per heavy atom. The molecule has 1 aromatic carbocycles. The van der Waals surface area contributed by atoms with Gasteiger partial charge in [0.1, 0.15) is 0 Å². The quantitative estimate of drug-likeness (QED) is 0.825. The molecule has 0 spiro atoms. The number of hydrogen-bond acceptors (Lipinski definition) is 4. The minimum Gasteiger partial charge on any atom is -0.396 e. The van der Waals surface area contributed by atoms with Gasteiger partial charge in [-0.2, -0.15) is 0 Å². The summed E-state index contributed by atoms with van der Waals surface area (Å²) < 4.78 is 5.15. The summed E-state index contributed by atoms with van der Waals surface area (Å²) in [6.07, 6.45) is 1.67. The number of hydrogen-bond donors (Lipinski definition) is 2. The second-order valence-electron chi connectivity index (χ2n) is 3.58. The fourth-order valence-corrected chi connectivity index (χ4v) is 1.85. The molecule has 3 N–H and O–H groups in total. The minimum atomic E-state index is 0.553. The van der Waals surface area contributed by atoms with E-state index in [9.17, 15) is 0 Å². The summed E-state index contributed by atoms with van der Waals surface area (Å²) in [5.74, 6) is 0. The van der Waals surface area contributed by atoms with Crippen LogP contribution in [0, 0.1) is 0 Å². The highest BCUT2D eigenvalue weighted by Crippen LogP contribution is 2.29. The van der Waals surface area contributed by atoms with Crippen molar-refractivity contribution in [3.8, 4) is 0 Å². The van der Waals surface area contributed by atoms with Crippen LogP contribution in [0.2, 0.25) is 0 Å². The van der Waals surface area contributed by atoms with Crippen LogP contribution in [0.3, 0.4) is 0 Å². The van der Waals surface area contributed by atoms with Crippen LogP contribution < -0.4 is 11.1 Å². The second kappa shape index (κ2) is 4.37. The number of benzene rings is 1. The van der Waals surface area contributed by atoms with E-state index in [1.165, 1.54) is 0 Å². The average molecular weight is 217 g/mol. The number of ether oxygens (including phenoxy) is 1. The van der Waals surface area contributed by atoms with Gasteiger partial charge in [-0.1, -0.05) is 18.2 Å². The first-order valence-corrected chi connectivity index (χ1v) is 5.10. The lowest BCUT2D eigenvalue weighted by atomic mass is 10.1. The second-order valence-corrected chi connectivity index (χ2v) is 3.58. The molecule has 0 saturated heterocycles. The smallest absolute Gasteiger partial charge is 0.0779 e. The summed E-state index contributed by atoms with van der Waals surface area (Å²) in [6.45, 7) is 0.553. The largest absolute Gasteiger partial charge is 0.396 e. The maximum atomic E-state index is 5.86. The van der Waals surface area contributed by atoms with Gasteiger partial charge in [0.25, 0.3) is 0 Å². The molecule has 0 bridgehead atoms. The maximum absolute atomic E-state index is 5.86. The number of rotatable bonds is 3. The Hall–Kier alpha value is -1.81. The summed E-state index contributed by atoms with van der Waals surface area (Å²) in [7, 11) is 3.53. The normalized spacial score (nSPS) is 10.6. The number of methoxy groups -OCH3 is 1. The van der Waals surface area contributed by atoms with Crippen molar-refractivity contribution < 1.29 is 4.74 Å². The Bertz CT molecular complexity index is 511. The highest BCUT2D eigenvalue weighted by Gasteiger charge is 2.08. The zero-order valence-corrected chi connectivity index (χ0v) is 9.45. The molecule has 0 radical (unpaired) electrons. The standard InChI is InChI=1S/C12H15N3O/c1-14-12-9-5-3-4-8(7-16-2)11(9)15-6-10(12)13/h3-6H,7,13H2,1-2H3,(H,14,15). The van der Waals surface area contributed by atoms with Crippen molar-refractivity contribution in [1.29, 1.82) is 0 Å². The zero-order valence-electron chi connectivity index (χ0n) is 9.45. The van der Waals surface area contributed by atoms with E-state index < -0.39 is 0 Å². The van der Waals surface area contributed by atoms with Gasteiger partial charge in [-0.05, 0) is 0 Å². The molecule has 0 atom stereocenters. The van der Waals surface area contributed by atoms with Gasteiger partial charge in [0.15, 0.2) is 0 Å². The van der Waals surface area contributed by atoms with Crippen molar-refractivity contribution in [3.63, 3.8) is 0 Å². The van der Waals surface area contributed by atoms with Crippen LogP contribution in [0.1, 0.15) is 5.56 Å². The summed E-state index contributed by atoms with van der Waals surface area (Å²) in [5.41, 5.74) is 9.44. The van der Waals surface area contributed by atoms with Gasteiger partial charge in [-0.3, -0.25) is 4.98 Å². The Labute approximate surface area is 94.4 Å². The van der Waals surface area contributed by atoms with E-state index in [0.29, 0.717) is 12.3 Å². The summed E-state index contributed by atoms with van der Waals surface area (Å²) in [6, 6.07) is 6.00. The topological polar surface area (TPSA) is 60.2 Å². The van der Waals surface area contributed by atoms with Gasteiger partial charge in [0.2, 0.25) is 0 Å². The van der Waals surface area contributed by atoms with E-state index in [4.69, 9.17) is 10.5 Å². The number of anilines is 2. The molecular weight excluding hydrogens is 202 g/mol. The zero-order chi connectivity index (χ0) is 11.5. The van der Waals surface area contributed by atoms with E-state index in [1.54, 1.807) is 13.3 Å². The minimum absolute atomic E-state index is 0.553. The molecule has 0 saturated carbocycles. The van der Waals surface area contributed by atoms with Crippen LogP contribution in [0.5, 0.6) is 0 Å². The van der Waals surface area contributed by atoms with Gasteiger partial charge in [-0.25, -0.2) is 0 Å². The van der Waals surface area contributed by atoms with Gasteiger partial charge < -0.3 is 15.8 Å². The molecular formula is C12H15N3O. The summed E-state index contributed by atoms with van der Waals surface area (Å²) in [4.78, 5) is 4.36. The molecule has 84 valence electrons. The van der Waals surface area contributed by atoms with E-state index >= 15 is 0 Å². The van der Waals surface area contributed by atoms with Crippen LogP contribution in [0.25, 0.3) is 10.9 Å². The van der Waals surface area contributed by atoms with Crippen molar-refractivity contribution in [2.75, 3.05) is 25.2 Å². The van der Waals surface area contributed by atoms with E-state index in [1.807, 2.05) is 25.2 Å². The highest BCUT2D eigenvalue weighted by atomic mass is 16.5. The number of nitrogens with one attached hydrogen (secondary N) is 1. The molecule has 4 heteroatoms. The van der Waals surface area contributed by atoms with Crippen molar-refractivity contribution in [3.05, 3.63) is 30.0 Å². The van der Waals surface area contributed by atoms with Crippen LogP contribution in [-0.2, 0) is 11.3 Å². The summed E-state index contributed by atoms with van der Waals surface area (Å²) in [5, 5.41) is 4.13. The molecule has 2 aromatic rings. The molecule has 0 amide bonds. The predicted octanol–water partition coefficient (Wildman–Crippen LogP) is 2.01. The molecule has 16 heavy (non-hydrogen) atoms. The van der Waals surface area contributed by atoms with Gasteiger partial charge in [-0.15, -0.1) is 0 Å². The molecule has 0 fully saturated rings. The number of fused-ring (bicyclic) bond motifs is 1. The predicted molar refractivity (Wildman–Crippen MR) is 66.4 cm³/mol. The first-order valence-electron chi connectivity index (χ1n) is 5.10. The third-order valence-corrected chi connectivity index (χ3v) is 2.56. The third-order valence-electron chi connectivity index (χ3n) is 2.56. The van der Waals surface area contributed by atoms with Crippen molar-refractivity contribution in [2.45, 2.75) is 6.61 Å². The SMILES string of the molecule is CNc1c(N)cnc2c(COC)cccc12. The Morgan fingerprint density at radius 2 is 2.25 bits per heavy atom. The fraction of sp³-hybridized carbons (Fsp3) is 0.250. The Kier molecular flexibility index (Phi) is 2.92. The van der Waals surface area contributed by atoms with Crippen molar-refractivity contribution in [2.24, 2.45) is 0 Å². The number of nitrogens with zero attached hydrogens (tertiary/aromatic N) is 1. The first kappa shape index (κ1) is 10.7. The van der Waals surface area contributed by atoms with Crippen molar-refractivity contribution in [1.82, 2.24) is 4.98 Å². The third kappa shape index (κ3) is 1.67. The maximum Gasteiger partial charge on any atom is 0.0779 e.